The van der Waals surface area contributed by atoms with Crippen LogP contribution in [0, 0.1) is 17.0 Å². The number of imidazole rings is 1. The summed E-state index contributed by atoms with van der Waals surface area (Å²) < 4.78 is 0. The van der Waals surface area contributed by atoms with E-state index in [0.717, 1.165) is 17.0 Å². The average Bonchev–Trinajstić information content (AvgIpc) is 2.97. The van der Waals surface area contributed by atoms with Crippen LogP contribution in [0.25, 0.3) is 22.6 Å². The number of H-pyrrole nitrogens is 1. The Kier molecular flexibility index (Phi) is 4.25. The van der Waals surface area contributed by atoms with Gasteiger partial charge >= 0.3 is 0 Å². The van der Waals surface area contributed by atoms with Crippen molar-refractivity contribution >= 4 is 17.3 Å². The van der Waals surface area contributed by atoms with Crippen LogP contribution in [0.5, 0.6) is 0 Å². The van der Waals surface area contributed by atoms with Crippen LogP contribution < -0.4 is 5.32 Å². The molecule has 0 fully saturated rings. The highest BCUT2D eigenvalue weighted by atomic mass is 16.6. The second-order valence-electron chi connectivity index (χ2n) is 5.47. The van der Waals surface area contributed by atoms with Gasteiger partial charge in [-0.2, -0.15) is 0 Å². The fraction of sp³-hybridized carbons (Fsp3) is 0.118. The number of amides is 1. The highest BCUT2D eigenvalue weighted by molar-refractivity contribution is 5.92. The molecule has 2 N–H and O–H groups in total. The second kappa shape index (κ2) is 6.52. The summed E-state index contributed by atoms with van der Waals surface area (Å²) in [6, 6.07) is 8.26. The molecule has 1 aromatic carbocycles. The van der Waals surface area contributed by atoms with E-state index in [1.807, 2.05) is 19.1 Å². The Balaban J connectivity index is 2.04. The molecular weight excluding hydrogens is 322 g/mol. The lowest BCUT2D eigenvalue weighted by Gasteiger charge is -2.05. The predicted octanol–water partition coefficient (Wildman–Crippen LogP) is 3.31. The van der Waals surface area contributed by atoms with Crippen molar-refractivity contribution in [3.05, 3.63) is 58.5 Å². The second-order valence-corrected chi connectivity index (χ2v) is 5.47. The molecule has 0 spiro atoms. The molecule has 0 radical (unpaired) electrons. The van der Waals surface area contributed by atoms with Gasteiger partial charge in [0.05, 0.1) is 10.6 Å². The SMILES string of the molecule is CC(=O)Nc1ccc(-c2nc(-c3cccnc3)c(C)[nH]2)cc1[N+](=O)[O-]. The number of hydrogen-bond acceptors (Lipinski definition) is 5. The number of anilines is 1. The van der Waals surface area contributed by atoms with Crippen molar-refractivity contribution in [1.29, 1.82) is 0 Å². The summed E-state index contributed by atoms with van der Waals surface area (Å²) in [6.07, 6.45) is 3.38. The minimum atomic E-state index is -0.535. The van der Waals surface area contributed by atoms with Gasteiger partial charge in [-0.3, -0.25) is 19.9 Å². The molecule has 1 amide bonds. The number of nitro benzene ring substituents is 1. The summed E-state index contributed by atoms with van der Waals surface area (Å²) in [7, 11) is 0. The van der Waals surface area contributed by atoms with E-state index in [2.05, 4.69) is 20.3 Å². The first kappa shape index (κ1) is 16.3. The molecule has 0 aliphatic carbocycles. The lowest BCUT2D eigenvalue weighted by molar-refractivity contribution is -0.383. The van der Waals surface area contributed by atoms with E-state index in [0.29, 0.717) is 11.4 Å². The normalized spacial score (nSPS) is 10.5. The number of aromatic amines is 1. The standard InChI is InChI=1S/C17H15N5O3/c1-10-16(13-4-3-7-18-9-13)21-17(19-10)12-5-6-14(20-11(2)23)15(8-12)22(24)25/h3-9H,1-2H3,(H,19,21)(H,20,23). The first-order chi connectivity index (χ1) is 12.0. The van der Waals surface area contributed by atoms with Gasteiger partial charge in [0.1, 0.15) is 11.5 Å². The van der Waals surface area contributed by atoms with Crippen LogP contribution >= 0.6 is 0 Å². The Labute approximate surface area is 143 Å². The number of benzene rings is 1. The van der Waals surface area contributed by atoms with Crippen molar-refractivity contribution in [2.45, 2.75) is 13.8 Å². The van der Waals surface area contributed by atoms with Crippen LogP contribution in [-0.4, -0.2) is 25.8 Å². The van der Waals surface area contributed by atoms with Gasteiger partial charge in [-0.15, -0.1) is 0 Å². The van der Waals surface area contributed by atoms with E-state index in [9.17, 15) is 14.9 Å². The van der Waals surface area contributed by atoms with Crippen molar-refractivity contribution in [2.24, 2.45) is 0 Å². The molecule has 25 heavy (non-hydrogen) atoms. The molecule has 126 valence electrons. The number of hydrogen-bond donors (Lipinski definition) is 2. The number of nitro groups is 1. The summed E-state index contributed by atoms with van der Waals surface area (Å²) >= 11 is 0. The van der Waals surface area contributed by atoms with Gasteiger partial charge in [-0.1, -0.05) is 0 Å². The largest absolute Gasteiger partial charge is 0.342 e. The lowest BCUT2D eigenvalue weighted by Crippen LogP contribution is -2.08. The number of carbonyl (C=O) groups is 1. The minimum absolute atomic E-state index is 0.150. The van der Waals surface area contributed by atoms with Crippen molar-refractivity contribution < 1.29 is 9.72 Å². The number of carbonyl (C=O) groups excluding carboxylic acids is 1. The molecule has 0 atom stereocenters. The van der Waals surface area contributed by atoms with Gasteiger partial charge in [0.2, 0.25) is 5.91 Å². The number of pyridine rings is 1. The molecule has 0 bridgehead atoms. The third-order valence-electron chi connectivity index (χ3n) is 3.60. The van der Waals surface area contributed by atoms with Crippen molar-refractivity contribution in [3.63, 3.8) is 0 Å². The maximum atomic E-state index is 11.3. The summed E-state index contributed by atoms with van der Waals surface area (Å²) in [5.41, 5.74) is 2.93. The minimum Gasteiger partial charge on any atom is -0.342 e. The predicted molar refractivity (Wildman–Crippen MR) is 92.9 cm³/mol. The van der Waals surface area contributed by atoms with Crippen molar-refractivity contribution in [1.82, 2.24) is 15.0 Å². The van der Waals surface area contributed by atoms with Crippen LogP contribution in [-0.2, 0) is 4.79 Å². The molecule has 3 rings (SSSR count). The summed E-state index contributed by atoms with van der Waals surface area (Å²) in [6.45, 7) is 3.17. The van der Waals surface area contributed by atoms with Gasteiger partial charge in [-0.25, -0.2) is 4.98 Å². The number of aryl methyl sites for hydroxylation is 1. The summed E-state index contributed by atoms with van der Waals surface area (Å²) in [5.74, 6) is 0.136. The summed E-state index contributed by atoms with van der Waals surface area (Å²) in [4.78, 5) is 33.7. The quantitative estimate of drug-likeness (QED) is 0.560. The van der Waals surface area contributed by atoms with Crippen LogP contribution in [0.1, 0.15) is 12.6 Å². The summed E-state index contributed by atoms with van der Waals surface area (Å²) in [5, 5.41) is 13.8. The Morgan fingerprint density at radius 1 is 1.28 bits per heavy atom. The van der Waals surface area contributed by atoms with Gasteiger partial charge in [-0.05, 0) is 31.2 Å². The van der Waals surface area contributed by atoms with Gasteiger partial charge in [0.15, 0.2) is 0 Å². The van der Waals surface area contributed by atoms with E-state index < -0.39 is 4.92 Å². The van der Waals surface area contributed by atoms with Gasteiger partial charge in [0.25, 0.3) is 5.69 Å². The average molecular weight is 337 g/mol. The maximum absolute atomic E-state index is 11.3. The number of aromatic nitrogens is 3. The monoisotopic (exact) mass is 337 g/mol. The van der Waals surface area contributed by atoms with E-state index >= 15 is 0 Å². The Morgan fingerprint density at radius 2 is 2.08 bits per heavy atom. The van der Waals surface area contributed by atoms with Crippen LogP contribution in [0.15, 0.2) is 42.7 Å². The van der Waals surface area contributed by atoms with E-state index in [-0.39, 0.29) is 17.3 Å². The molecular formula is C17H15N5O3. The van der Waals surface area contributed by atoms with Gasteiger partial charge < -0.3 is 10.3 Å². The molecule has 0 aliphatic heterocycles. The smallest absolute Gasteiger partial charge is 0.293 e. The van der Waals surface area contributed by atoms with Crippen LogP contribution in [0.3, 0.4) is 0 Å². The van der Waals surface area contributed by atoms with Crippen LogP contribution in [0.2, 0.25) is 0 Å². The van der Waals surface area contributed by atoms with Crippen LogP contribution in [0.4, 0.5) is 11.4 Å². The Bertz CT molecular complexity index is 950. The molecule has 0 unspecified atom stereocenters. The van der Waals surface area contributed by atoms with E-state index in [1.54, 1.807) is 18.5 Å². The highest BCUT2D eigenvalue weighted by Gasteiger charge is 2.18. The Morgan fingerprint density at radius 3 is 2.72 bits per heavy atom. The van der Waals surface area contributed by atoms with E-state index in [4.69, 9.17) is 0 Å². The number of rotatable bonds is 4. The highest BCUT2D eigenvalue weighted by Crippen LogP contribution is 2.31. The number of nitrogens with zero attached hydrogens (tertiary/aromatic N) is 3. The topological polar surface area (TPSA) is 114 Å². The third-order valence-corrected chi connectivity index (χ3v) is 3.60. The molecule has 0 saturated heterocycles. The zero-order valence-corrected chi connectivity index (χ0v) is 13.6. The van der Waals surface area contributed by atoms with Gasteiger partial charge in [0, 0.05) is 42.2 Å². The molecule has 0 saturated carbocycles. The fourth-order valence-electron chi connectivity index (χ4n) is 2.51. The first-order valence-corrected chi connectivity index (χ1v) is 7.49. The number of nitrogens with one attached hydrogen (secondary N) is 2. The molecule has 8 heteroatoms. The lowest BCUT2D eigenvalue weighted by atomic mass is 10.1. The van der Waals surface area contributed by atoms with Crippen molar-refractivity contribution in [3.8, 4) is 22.6 Å². The third kappa shape index (κ3) is 3.37. The van der Waals surface area contributed by atoms with E-state index in [1.165, 1.54) is 19.1 Å². The molecule has 2 heterocycles. The Hall–Kier alpha value is -3.55. The molecule has 0 aliphatic rings. The maximum Gasteiger partial charge on any atom is 0.293 e. The molecule has 8 nitrogen and oxygen atoms in total. The van der Waals surface area contributed by atoms with Crippen molar-refractivity contribution in [2.75, 3.05) is 5.32 Å². The molecule has 2 aromatic heterocycles. The first-order valence-electron chi connectivity index (χ1n) is 7.49. The fourth-order valence-corrected chi connectivity index (χ4v) is 2.51. The zero-order valence-electron chi connectivity index (χ0n) is 13.6. The molecule has 3 aromatic rings. The zero-order chi connectivity index (χ0) is 18.0.